The molecule has 3 aliphatic carbocycles. The molecule has 0 saturated heterocycles. The minimum atomic E-state index is 1.06. The minimum Gasteiger partial charge on any atom is -0.333 e. The molecule has 3 rings (SSSR count). The van der Waals surface area contributed by atoms with Crippen molar-refractivity contribution >= 4 is 0 Å². The van der Waals surface area contributed by atoms with Gasteiger partial charge in [-0.05, 0) is 68.7 Å². The summed E-state index contributed by atoms with van der Waals surface area (Å²) in [5.74, 6) is 5.78. The van der Waals surface area contributed by atoms with Crippen LogP contribution in [0.3, 0.4) is 0 Å². The second-order valence-electron chi connectivity index (χ2n) is 5.24. The molecule has 1 nitrogen and oxygen atoms in total. The van der Waals surface area contributed by atoms with Gasteiger partial charge in [-0.1, -0.05) is 34.6 Å². The van der Waals surface area contributed by atoms with E-state index in [4.69, 9.17) is 0 Å². The van der Waals surface area contributed by atoms with Gasteiger partial charge in [-0.15, -0.1) is 0 Å². The van der Waals surface area contributed by atoms with Gasteiger partial charge in [-0.2, -0.15) is 0 Å². The summed E-state index contributed by atoms with van der Waals surface area (Å²) in [6.45, 7) is 10.5. The standard InChI is InChI=1S/C11H18.2C2H6.CH5N/c1-7-4-10-8-2-3-9(6-8)11(10)5-7;3*1-2/h7-11H,2-6H2,1H3;2*1-2H3;2H2,1H3. The monoisotopic (exact) mass is 241 g/mol. The molecular weight excluding hydrogens is 206 g/mol. The third-order valence-corrected chi connectivity index (χ3v) is 4.62. The molecule has 0 heterocycles. The third-order valence-electron chi connectivity index (χ3n) is 4.62. The molecule has 0 radical (unpaired) electrons. The highest BCUT2D eigenvalue weighted by Crippen LogP contribution is 2.59. The van der Waals surface area contributed by atoms with Crippen LogP contribution in [0.2, 0.25) is 0 Å². The maximum Gasteiger partial charge on any atom is -0.0195 e. The van der Waals surface area contributed by atoms with Gasteiger partial charge >= 0.3 is 0 Å². The van der Waals surface area contributed by atoms with Gasteiger partial charge in [-0.3, -0.25) is 0 Å². The van der Waals surface area contributed by atoms with E-state index in [-0.39, 0.29) is 0 Å². The first-order valence-electron chi connectivity index (χ1n) is 7.92. The molecule has 0 aromatic rings. The van der Waals surface area contributed by atoms with Crippen molar-refractivity contribution in [2.75, 3.05) is 7.05 Å². The summed E-state index contributed by atoms with van der Waals surface area (Å²) in [6.07, 6.45) is 7.93. The van der Waals surface area contributed by atoms with Crippen LogP contribution in [0.25, 0.3) is 0 Å². The Morgan fingerprint density at radius 2 is 1.06 bits per heavy atom. The quantitative estimate of drug-likeness (QED) is 0.653. The third kappa shape index (κ3) is 3.71. The first-order valence-corrected chi connectivity index (χ1v) is 7.92. The predicted octanol–water partition coefficient (Wildman–Crippen LogP) is 4.71. The molecule has 17 heavy (non-hydrogen) atoms. The number of rotatable bonds is 0. The topological polar surface area (TPSA) is 26.0 Å². The highest BCUT2D eigenvalue weighted by atomic mass is 14.6. The molecule has 2 N–H and O–H groups in total. The highest BCUT2D eigenvalue weighted by molar-refractivity contribution is 5.00. The lowest BCUT2D eigenvalue weighted by atomic mass is 9.82. The van der Waals surface area contributed by atoms with Gasteiger partial charge in [0.15, 0.2) is 0 Å². The molecule has 0 aromatic carbocycles. The first kappa shape index (κ1) is 17.0. The van der Waals surface area contributed by atoms with E-state index in [0.29, 0.717) is 0 Å². The molecule has 0 aromatic heterocycles. The summed E-state index contributed by atoms with van der Waals surface area (Å²) in [6, 6.07) is 0. The van der Waals surface area contributed by atoms with E-state index in [0.717, 1.165) is 5.92 Å². The van der Waals surface area contributed by atoms with Crippen molar-refractivity contribution in [2.45, 2.75) is 66.7 Å². The molecule has 0 amide bonds. The normalized spacial score (nSPS) is 40.1. The van der Waals surface area contributed by atoms with Gasteiger partial charge in [0.05, 0.1) is 0 Å². The molecule has 4 unspecified atom stereocenters. The van der Waals surface area contributed by atoms with Crippen LogP contribution >= 0.6 is 0 Å². The van der Waals surface area contributed by atoms with E-state index in [1.807, 2.05) is 27.7 Å². The van der Waals surface area contributed by atoms with Crippen LogP contribution in [0, 0.1) is 29.6 Å². The van der Waals surface area contributed by atoms with Crippen LogP contribution in [0.15, 0.2) is 0 Å². The van der Waals surface area contributed by atoms with Crippen molar-refractivity contribution in [1.82, 2.24) is 0 Å². The Morgan fingerprint density at radius 3 is 1.41 bits per heavy atom. The van der Waals surface area contributed by atoms with E-state index in [9.17, 15) is 0 Å². The first-order chi connectivity index (χ1) is 8.34. The summed E-state index contributed by atoms with van der Waals surface area (Å²) < 4.78 is 0. The SMILES string of the molecule is CC.CC.CC1CC2C3CCC(C3)C2C1.CN. The zero-order valence-corrected chi connectivity index (χ0v) is 13.0. The van der Waals surface area contributed by atoms with E-state index < -0.39 is 0 Å². The van der Waals surface area contributed by atoms with Crippen molar-refractivity contribution in [1.29, 1.82) is 0 Å². The summed E-state index contributed by atoms with van der Waals surface area (Å²) in [4.78, 5) is 0. The molecular formula is C16H35N. The Labute approximate surface area is 110 Å². The Bertz CT molecular complexity index is 160. The number of nitrogens with two attached hydrogens (primary N) is 1. The van der Waals surface area contributed by atoms with Gasteiger partial charge in [0.25, 0.3) is 0 Å². The Hall–Kier alpha value is -0.0400. The molecule has 0 aliphatic heterocycles. The average molecular weight is 241 g/mol. The molecule has 3 fully saturated rings. The fraction of sp³-hybridized carbons (Fsp3) is 1.00. The Kier molecular flexibility index (Phi) is 8.94. The lowest BCUT2D eigenvalue weighted by Crippen LogP contribution is -2.15. The Balaban J connectivity index is 0.000000379. The average Bonchev–Trinajstić information content (AvgIpc) is 3.08. The number of hydrogen-bond donors (Lipinski definition) is 1. The van der Waals surface area contributed by atoms with Gasteiger partial charge in [-0.25, -0.2) is 0 Å². The lowest BCUT2D eigenvalue weighted by molar-refractivity contribution is 0.259. The van der Waals surface area contributed by atoms with Gasteiger partial charge in [0.1, 0.15) is 0 Å². The number of hydrogen-bond acceptors (Lipinski definition) is 1. The van der Waals surface area contributed by atoms with Crippen molar-refractivity contribution in [3.05, 3.63) is 0 Å². The van der Waals surface area contributed by atoms with Crippen LogP contribution in [-0.4, -0.2) is 7.05 Å². The molecule has 3 saturated carbocycles. The smallest absolute Gasteiger partial charge is 0.0195 e. The Morgan fingerprint density at radius 1 is 0.706 bits per heavy atom. The molecule has 104 valence electrons. The predicted molar refractivity (Wildman–Crippen MR) is 79.0 cm³/mol. The van der Waals surface area contributed by atoms with Crippen molar-refractivity contribution < 1.29 is 0 Å². The maximum atomic E-state index is 4.50. The van der Waals surface area contributed by atoms with Crippen molar-refractivity contribution in [2.24, 2.45) is 35.3 Å². The maximum absolute atomic E-state index is 4.50. The molecule has 1 heteroatoms. The van der Waals surface area contributed by atoms with Gasteiger partial charge in [0, 0.05) is 0 Å². The van der Waals surface area contributed by atoms with Crippen LogP contribution in [0.5, 0.6) is 0 Å². The van der Waals surface area contributed by atoms with Crippen LogP contribution in [0.4, 0.5) is 0 Å². The second-order valence-corrected chi connectivity index (χ2v) is 5.24. The van der Waals surface area contributed by atoms with E-state index in [1.54, 1.807) is 32.1 Å². The van der Waals surface area contributed by atoms with Gasteiger partial charge < -0.3 is 5.73 Å². The summed E-state index contributed by atoms with van der Waals surface area (Å²) >= 11 is 0. The summed E-state index contributed by atoms with van der Waals surface area (Å²) in [7, 11) is 1.50. The van der Waals surface area contributed by atoms with Crippen LogP contribution in [-0.2, 0) is 0 Å². The van der Waals surface area contributed by atoms with E-state index in [1.165, 1.54) is 30.7 Å². The fourth-order valence-electron chi connectivity index (χ4n) is 4.29. The molecule has 2 bridgehead atoms. The lowest BCUT2D eigenvalue weighted by Gasteiger charge is -2.23. The number of fused-ring (bicyclic) bond motifs is 5. The minimum absolute atomic E-state index is 1.06. The van der Waals surface area contributed by atoms with Crippen LogP contribution in [0.1, 0.15) is 66.7 Å². The van der Waals surface area contributed by atoms with E-state index in [2.05, 4.69) is 12.7 Å². The summed E-state index contributed by atoms with van der Waals surface area (Å²) in [5, 5.41) is 0. The zero-order valence-electron chi connectivity index (χ0n) is 13.0. The molecule has 4 atom stereocenters. The van der Waals surface area contributed by atoms with E-state index >= 15 is 0 Å². The fourth-order valence-corrected chi connectivity index (χ4v) is 4.29. The summed E-state index contributed by atoms with van der Waals surface area (Å²) in [5.41, 5.74) is 4.50. The van der Waals surface area contributed by atoms with Gasteiger partial charge in [0.2, 0.25) is 0 Å². The highest BCUT2D eigenvalue weighted by Gasteiger charge is 2.50. The molecule has 0 spiro atoms. The zero-order chi connectivity index (χ0) is 13.4. The van der Waals surface area contributed by atoms with Crippen molar-refractivity contribution in [3.8, 4) is 0 Å². The van der Waals surface area contributed by atoms with Crippen LogP contribution < -0.4 is 5.73 Å². The second kappa shape index (κ2) is 8.97. The molecule has 3 aliphatic rings. The van der Waals surface area contributed by atoms with Crippen molar-refractivity contribution in [3.63, 3.8) is 0 Å². The largest absolute Gasteiger partial charge is 0.333 e.